The van der Waals surface area contributed by atoms with E-state index in [-0.39, 0.29) is 12.2 Å². The molecule has 3 heterocycles. The van der Waals surface area contributed by atoms with Crippen molar-refractivity contribution < 1.29 is 18.7 Å². The number of allylic oxidation sites excluding steroid dienone is 1. The molecule has 0 N–H and O–H groups in total. The molecule has 0 spiro atoms. The molecule has 158 valence electrons. The number of benzene rings is 1. The predicted molar refractivity (Wildman–Crippen MR) is 117 cm³/mol. The smallest absolute Gasteiger partial charge is 0.338 e. The molecule has 2 aromatic heterocycles. The largest absolute Gasteiger partial charge is 0.497 e. The Hall–Kier alpha value is -3.65. The Morgan fingerprint density at radius 1 is 1.32 bits per heavy atom. The number of hydrogen-bond acceptors (Lipinski definition) is 7. The molecule has 0 amide bonds. The topological polar surface area (TPSA) is 83.0 Å². The molecule has 0 unspecified atom stereocenters. The van der Waals surface area contributed by atoms with Gasteiger partial charge in [-0.05, 0) is 36.8 Å². The summed E-state index contributed by atoms with van der Waals surface area (Å²) in [6.07, 6.45) is 4.71. The highest BCUT2D eigenvalue weighted by Gasteiger charge is 2.33. The van der Waals surface area contributed by atoms with Gasteiger partial charge in [0.2, 0.25) is 0 Å². The summed E-state index contributed by atoms with van der Waals surface area (Å²) in [7, 11) is 1.58. The number of thiazole rings is 1. The number of nitrogens with zero attached hydrogens (tertiary/aromatic N) is 2. The van der Waals surface area contributed by atoms with Crippen molar-refractivity contribution in [3.63, 3.8) is 0 Å². The number of hydrogen-bond donors (Lipinski definition) is 0. The summed E-state index contributed by atoms with van der Waals surface area (Å²) in [6, 6.07) is 10.1. The second-order valence-corrected chi connectivity index (χ2v) is 7.77. The molecule has 1 atom stereocenters. The Balaban J connectivity index is 1.93. The van der Waals surface area contributed by atoms with Crippen LogP contribution in [-0.2, 0) is 9.53 Å². The van der Waals surface area contributed by atoms with E-state index in [0.717, 1.165) is 5.56 Å². The maximum atomic E-state index is 13.4. The lowest BCUT2D eigenvalue weighted by Gasteiger charge is -2.24. The Bertz CT molecular complexity index is 1330. The van der Waals surface area contributed by atoms with E-state index < -0.39 is 12.0 Å². The van der Waals surface area contributed by atoms with Crippen LogP contribution in [0.3, 0.4) is 0 Å². The van der Waals surface area contributed by atoms with E-state index in [9.17, 15) is 9.59 Å². The first kappa shape index (κ1) is 20.6. The number of ether oxygens (including phenoxy) is 2. The summed E-state index contributed by atoms with van der Waals surface area (Å²) >= 11 is 1.24. The van der Waals surface area contributed by atoms with E-state index in [0.29, 0.717) is 32.1 Å². The van der Waals surface area contributed by atoms with Crippen LogP contribution in [0.1, 0.15) is 24.3 Å². The van der Waals surface area contributed by atoms with E-state index in [4.69, 9.17) is 13.9 Å². The van der Waals surface area contributed by atoms with Crippen molar-refractivity contribution in [1.82, 2.24) is 4.57 Å². The highest BCUT2D eigenvalue weighted by molar-refractivity contribution is 7.07. The monoisotopic (exact) mass is 436 g/mol. The first-order valence-electron chi connectivity index (χ1n) is 9.51. The standard InChI is InChI=1S/C23H20N2O5S/c1-4-11-30-22(27)19-14(2)24-23-25(20(19)15-7-9-16(28-3)10-8-15)21(26)18(31-23)13-17-6-5-12-29-17/h4-10,12-13,20H,1,11H2,2-3H3/b18-13+/t20-/m1/s1. The first-order valence-corrected chi connectivity index (χ1v) is 10.3. The highest BCUT2D eigenvalue weighted by atomic mass is 32.1. The van der Waals surface area contributed by atoms with Crippen molar-refractivity contribution in [2.75, 3.05) is 13.7 Å². The quantitative estimate of drug-likeness (QED) is 0.438. The van der Waals surface area contributed by atoms with Crippen LogP contribution in [0, 0.1) is 0 Å². The molecule has 0 saturated carbocycles. The molecule has 1 aliphatic rings. The Labute approximate surface area is 181 Å². The Morgan fingerprint density at radius 3 is 2.74 bits per heavy atom. The third kappa shape index (κ3) is 3.89. The zero-order chi connectivity index (χ0) is 22.0. The van der Waals surface area contributed by atoms with Gasteiger partial charge >= 0.3 is 5.97 Å². The second-order valence-electron chi connectivity index (χ2n) is 6.76. The van der Waals surface area contributed by atoms with Crippen molar-refractivity contribution in [1.29, 1.82) is 0 Å². The highest BCUT2D eigenvalue weighted by Crippen LogP contribution is 2.31. The molecule has 31 heavy (non-hydrogen) atoms. The van der Waals surface area contributed by atoms with Gasteiger partial charge in [0.25, 0.3) is 5.56 Å². The van der Waals surface area contributed by atoms with Crippen LogP contribution in [0.25, 0.3) is 6.08 Å². The van der Waals surface area contributed by atoms with Gasteiger partial charge in [0.1, 0.15) is 18.1 Å². The zero-order valence-electron chi connectivity index (χ0n) is 17.0. The molecule has 8 heteroatoms. The fraction of sp³-hybridized carbons (Fsp3) is 0.174. The summed E-state index contributed by atoms with van der Waals surface area (Å²) in [5.74, 6) is 0.695. The van der Waals surface area contributed by atoms with Crippen LogP contribution in [0.4, 0.5) is 0 Å². The van der Waals surface area contributed by atoms with Gasteiger partial charge in [-0.15, -0.1) is 0 Å². The van der Waals surface area contributed by atoms with Crippen LogP contribution < -0.4 is 19.6 Å². The SMILES string of the molecule is C=CCOC(=O)C1=C(C)N=c2s/c(=C/c3ccco3)c(=O)n2[C@@H]1c1ccc(OC)cc1. The maximum Gasteiger partial charge on any atom is 0.338 e. The minimum absolute atomic E-state index is 0.0634. The Morgan fingerprint density at radius 2 is 2.10 bits per heavy atom. The van der Waals surface area contributed by atoms with Gasteiger partial charge in [-0.25, -0.2) is 9.79 Å². The van der Waals surface area contributed by atoms with Crippen molar-refractivity contribution >= 4 is 23.4 Å². The molecular formula is C23H20N2O5S. The summed E-state index contributed by atoms with van der Waals surface area (Å²) in [6.45, 7) is 5.39. The third-order valence-corrected chi connectivity index (χ3v) is 5.80. The molecule has 0 bridgehead atoms. The van der Waals surface area contributed by atoms with E-state index in [1.54, 1.807) is 50.6 Å². The van der Waals surface area contributed by atoms with Crippen LogP contribution in [0.15, 0.2) is 80.8 Å². The number of esters is 1. The minimum Gasteiger partial charge on any atom is -0.497 e. The normalized spacial score (nSPS) is 15.9. The number of carbonyl (C=O) groups is 1. The van der Waals surface area contributed by atoms with Crippen LogP contribution in [0.2, 0.25) is 0 Å². The molecule has 0 fully saturated rings. The second kappa shape index (κ2) is 8.61. The molecule has 7 nitrogen and oxygen atoms in total. The van der Waals surface area contributed by atoms with Gasteiger partial charge in [-0.3, -0.25) is 9.36 Å². The van der Waals surface area contributed by atoms with Gasteiger partial charge in [0.05, 0.1) is 35.2 Å². The number of carbonyl (C=O) groups excluding carboxylic acids is 1. The number of aromatic nitrogens is 1. The van der Waals surface area contributed by atoms with Crippen molar-refractivity contribution in [2.45, 2.75) is 13.0 Å². The maximum absolute atomic E-state index is 13.4. The fourth-order valence-electron chi connectivity index (χ4n) is 3.40. The van der Waals surface area contributed by atoms with Crippen LogP contribution in [-0.4, -0.2) is 24.3 Å². The van der Waals surface area contributed by atoms with Gasteiger partial charge in [0.15, 0.2) is 4.80 Å². The van der Waals surface area contributed by atoms with Gasteiger partial charge in [-0.2, -0.15) is 0 Å². The molecule has 1 aliphatic heterocycles. The third-order valence-electron chi connectivity index (χ3n) is 4.82. The predicted octanol–water partition coefficient (Wildman–Crippen LogP) is 2.57. The lowest BCUT2D eigenvalue weighted by atomic mass is 9.96. The number of rotatable bonds is 6. The lowest BCUT2D eigenvalue weighted by Crippen LogP contribution is -2.39. The first-order chi connectivity index (χ1) is 15.0. The van der Waals surface area contributed by atoms with E-state index in [1.807, 2.05) is 12.1 Å². The average Bonchev–Trinajstić information content (AvgIpc) is 3.39. The number of fused-ring (bicyclic) bond motifs is 1. The molecule has 3 aromatic rings. The van der Waals surface area contributed by atoms with Crippen LogP contribution >= 0.6 is 11.3 Å². The van der Waals surface area contributed by atoms with Crippen LogP contribution in [0.5, 0.6) is 5.75 Å². The minimum atomic E-state index is -0.682. The van der Waals surface area contributed by atoms with Gasteiger partial charge in [0, 0.05) is 6.08 Å². The van der Waals surface area contributed by atoms with E-state index in [2.05, 4.69) is 11.6 Å². The molecule has 0 aliphatic carbocycles. The van der Waals surface area contributed by atoms with E-state index in [1.165, 1.54) is 22.0 Å². The van der Waals surface area contributed by atoms with Gasteiger partial charge in [-0.1, -0.05) is 36.1 Å². The molecule has 1 aromatic carbocycles. The lowest BCUT2D eigenvalue weighted by molar-refractivity contribution is -0.138. The van der Waals surface area contributed by atoms with Gasteiger partial charge < -0.3 is 13.9 Å². The number of furan rings is 1. The molecular weight excluding hydrogens is 416 g/mol. The summed E-state index contributed by atoms with van der Waals surface area (Å²) in [5.41, 5.74) is 1.29. The van der Waals surface area contributed by atoms with Crippen molar-refractivity contribution in [2.24, 2.45) is 4.99 Å². The summed E-state index contributed by atoms with van der Waals surface area (Å²) in [4.78, 5) is 31.3. The zero-order valence-corrected chi connectivity index (χ0v) is 17.8. The molecule has 4 rings (SSSR count). The Kier molecular flexibility index (Phi) is 5.73. The summed E-state index contributed by atoms with van der Waals surface area (Å²) in [5, 5.41) is 0. The van der Waals surface area contributed by atoms with Crippen molar-refractivity contribution in [3.05, 3.63) is 97.6 Å². The summed E-state index contributed by atoms with van der Waals surface area (Å²) < 4.78 is 17.9. The molecule has 0 saturated heterocycles. The molecule has 0 radical (unpaired) electrons. The number of methoxy groups -OCH3 is 1. The van der Waals surface area contributed by atoms with E-state index >= 15 is 0 Å². The average molecular weight is 436 g/mol. The van der Waals surface area contributed by atoms with Crippen molar-refractivity contribution in [3.8, 4) is 5.75 Å². The fourth-order valence-corrected chi connectivity index (χ4v) is 4.43.